The highest BCUT2D eigenvalue weighted by Crippen LogP contribution is 2.44. The molecule has 0 saturated heterocycles. The quantitative estimate of drug-likeness (QED) is 0.489. The first-order valence-electron chi connectivity index (χ1n) is 11.5. The average Bonchev–Trinajstić information content (AvgIpc) is 3.35. The predicted octanol–water partition coefficient (Wildman–Crippen LogP) is 6.72. The van der Waals surface area contributed by atoms with Crippen LogP contribution in [-0.2, 0) is 25.8 Å². The molecule has 1 atom stereocenters. The van der Waals surface area contributed by atoms with E-state index in [9.17, 15) is 4.79 Å². The second kappa shape index (κ2) is 8.19. The van der Waals surface area contributed by atoms with E-state index in [1.54, 1.807) is 0 Å². The van der Waals surface area contributed by atoms with E-state index in [2.05, 4.69) is 60.0 Å². The number of fused-ring (bicyclic) bond motifs is 5. The van der Waals surface area contributed by atoms with Crippen LogP contribution in [0.2, 0.25) is 0 Å². The number of rotatable bonds is 3. The van der Waals surface area contributed by atoms with Crippen molar-refractivity contribution in [2.45, 2.75) is 65.5 Å². The lowest BCUT2D eigenvalue weighted by Crippen LogP contribution is -2.39. The molecule has 4 nitrogen and oxygen atoms in total. The molecular weight excluding hydrogens is 402 g/mol. The third-order valence-corrected chi connectivity index (χ3v) is 8.09. The SMILES string of the molecule is CCc1ccccc1NC(=O)N1Cc2c(sc3c2CCCC3)-n2cccc2C1C(C)C. The van der Waals surface area contributed by atoms with Gasteiger partial charge in [-0.3, -0.25) is 0 Å². The minimum absolute atomic E-state index is 0.00374. The van der Waals surface area contributed by atoms with Gasteiger partial charge in [0.2, 0.25) is 0 Å². The van der Waals surface area contributed by atoms with Crippen molar-refractivity contribution in [2.24, 2.45) is 5.92 Å². The van der Waals surface area contributed by atoms with Crippen LogP contribution in [0.3, 0.4) is 0 Å². The fourth-order valence-corrected chi connectivity index (χ4v) is 6.66. The molecule has 1 aliphatic heterocycles. The largest absolute Gasteiger partial charge is 0.322 e. The number of carbonyl (C=O) groups is 1. The Morgan fingerprint density at radius 1 is 1.13 bits per heavy atom. The summed E-state index contributed by atoms with van der Waals surface area (Å²) in [5, 5.41) is 4.57. The van der Waals surface area contributed by atoms with Crippen molar-refractivity contribution in [3.63, 3.8) is 0 Å². The number of para-hydroxylation sites is 1. The summed E-state index contributed by atoms with van der Waals surface area (Å²) in [6.45, 7) is 7.24. The molecule has 2 aromatic heterocycles. The second-order valence-corrected chi connectivity index (χ2v) is 10.1. The topological polar surface area (TPSA) is 37.3 Å². The van der Waals surface area contributed by atoms with E-state index < -0.39 is 0 Å². The Morgan fingerprint density at radius 2 is 1.94 bits per heavy atom. The molecule has 3 heterocycles. The van der Waals surface area contributed by atoms with Crippen molar-refractivity contribution in [1.29, 1.82) is 0 Å². The molecule has 0 saturated carbocycles. The van der Waals surface area contributed by atoms with Crippen LogP contribution >= 0.6 is 11.3 Å². The number of urea groups is 1. The van der Waals surface area contributed by atoms with Gasteiger partial charge in [0.25, 0.3) is 0 Å². The third kappa shape index (κ3) is 3.49. The molecule has 0 fully saturated rings. The Kier molecular flexibility index (Phi) is 5.39. The van der Waals surface area contributed by atoms with Crippen LogP contribution in [0.5, 0.6) is 0 Å². The maximum absolute atomic E-state index is 13.7. The van der Waals surface area contributed by atoms with E-state index in [1.165, 1.54) is 51.5 Å². The van der Waals surface area contributed by atoms with Gasteiger partial charge in [0, 0.05) is 28.0 Å². The maximum Gasteiger partial charge on any atom is 0.322 e. The van der Waals surface area contributed by atoms with Gasteiger partial charge in [0.05, 0.1) is 12.6 Å². The highest BCUT2D eigenvalue weighted by Gasteiger charge is 2.36. The van der Waals surface area contributed by atoms with E-state index in [0.29, 0.717) is 12.5 Å². The molecule has 0 spiro atoms. The van der Waals surface area contributed by atoms with Crippen molar-refractivity contribution in [3.8, 4) is 5.00 Å². The lowest BCUT2D eigenvalue weighted by atomic mass is 9.94. The molecule has 5 heteroatoms. The number of anilines is 1. The molecule has 1 aromatic carbocycles. The summed E-state index contributed by atoms with van der Waals surface area (Å²) in [7, 11) is 0. The van der Waals surface area contributed by atoms with Gasteiger partial charge >= 0.3 is 6.03 Å². The van der Waals surface area contributed by atoms with Crippen LogP contribution in [0, 0.1) is 5.92 Å². The van der Waals surface area contributed by atoms with Gasteiger partial charge in [-0.05, 0) is 67.3 Å². The molecule has 3 aromatic rings. The number of hydrogen-bond donors (Lipinski definition) is 1. The van der Waals surface area contributed by atoms with Crippen molar-refractivity contribution in [3.05, 3.63) is 69.9 Å². The lowest BCUT2D eigenvalue weighted by molar-refractivity contribution is 0.161. The van der Waals surface area contributed by atoms with Crippen LogP contribution in [0.4, 0.5) is 10.5 Å². The first-order valence-corrected chi connectivity index (χ1v) is 12.4. The minimum atomic E-state index is -0.00374. The molecule has 1 aliphatic carbocycles. The van der Waals surface area contributed by atoms with Crippen molar-refractivity contribution < 1.29 is 4.79 Å². The number of hydrogen-bond acceptors (Lipinski definition) is 2. The molecule has 31 heavy (non-hydrogen) atoms. The maximum atomic E-state index is 13.7. The zero-order chi connectivity index (χ0) is 21.5. The number of amides is 2. The zero-order valence-corrected chi connectivity index (χ0v) is 19.5. The van der Waals surface area contributed by atoms with Gasteiger partial charge in [-0.1, -0.05) is 39.0 Å². The van der Waals surface area contributed by atoms with Crippen LogP contribution in [0.15, 0.2) is 42.6 Å². The molecule has 0 radical (unpaired) electrons. The Bertz CT molecular complexity index is 1110. The van der Waals surface area contributed by atoms with Gasteiger partial charge in [0.15, 0.2) is 0 Å². The summed E-state index contributed by atoms with van der Waals surface area (Å²) in [6.07, 6.45) is 7.91. The average molecular weight is 434 g/mol. The van der Waals surface area contributed by atoms with E-state index in [4.69, 9.17) is 0 Å². The smallest absolute Gasteiger partial charge is 0.311 e. The number of nitrogens with zero attached hydrogens (tertiary/aromatic N) is 2. The van der Waals surface area contributed by atoms with Crippen molar-refractivity contribution >= 4 is 23.1 Å². The van der Waals surface area contributed by atoms with Gasteiger partial charge in [0.1, 0.15) is 5.00 Å². The normalized spacial score (nSPS) is 17.7. The monoisotopic (exact) mass is 433 g/mol. The first kappa shape index (κ1) is 20.4. The van der Waals surface area contributed by atoms with Gasteiger partial charge in [-0.2, -0.15) is 0 Å². The first-order chi connectivity index (χ1) is 15.1. The second-order valence-electron chi connectivity index (χ2n) is 9.06. The summed E-state index contributed by atoms with van der Waals surface area (Å²) in [6, 6.07) is 12.5. The Hall–Kier alpha value is -2.53. The van der Waals surface area contributed by atoms with Gasteiger partial charge in [-0.15, -0.1) is 11.3 Å². The van der Waals surface area contributed by atoms with Crippen LogP contribution < -0.4 is 5.32 Å². The van der Waals surface area contributed by atoms with E-state index in [1.807, 2.05) is 29.5 Å². The van der Waals surface area contributed by atoms with Crippen molar-refractivity contribution in [1.82, 2.24) is 9.47 Å². The summed E-state index contributed by atoms with van der Waals surface area (Å²) in [5.74, 6) is 0.311. The summed E-state index contributed by atoms with van der Waals surface area (Å²) in [5.41, 5.74) is 6.17. The Balaban J connectivity index is 1.59. The van der Waals surface area contributed by atoms with E-state index in [0.717, 1.165) is 18.5 Å². The van der Waals surface area contributed by atoms with Crippen molar-refractivity contribution in [2.75, 3.05) is 5.32 Å². The fourth-order valence-electron chi connectivity index (χ4n) is 5.26. The predicted molar refractivity (Wildman–Crippen MR) is 128 cm³/mol. The summed E-state index contributed by atoms with van der Waals surface area (Å²) >= 11 is 1.94. The number of benzene rings is 1. The van der Waals surface area contributed by atoms with E-state index >= 15 is 0 Å². The zero-order valence-electron chi connectivity index (χ0n) is 18.6. The number of carbonyl (C=O) groups excluding carboxylic acids is 1. The van der Waals surface area contributed by atoms with Crippen LogP contribution in [-0.4, -0.2) is 15.5 Å². The fraction of sp³-hybridized carbons (Fsp3) is 0.423. The molecule has 162 valence electrons. The van der Waals surface area contributed by atoms with Gasteiger partial charge < -0.3 is 14.8 Å². The molecule has 1 unspecified atom stereocenters. The Morgan fingerprint density at radius 3 is 2.74 bits per heavy atom. The molecule has 0 bridgehead atoms. The summed E-state index contributed by atoms with van der Waals surface area (Å²) in [4.78, 5) is 17.3. The van der Waals surface area contributed by atoms with E-state index in [-0.39, 0.29) is 12.1 Å². The van der Waals surface area contributed by atoms with Gasteiger partial charge in [-0.25, -0.2) is 4.79 Å². The van der Waals surface area contributed by atoms with Crippen LogP contribution in [0.25, 0.3) is 5.00 Å². The number of aromatic nitrogens is 1. The molecule has 5 rings (SSSR count). The minimum Gasteiger partial charge on any atom is -0.311 e. The summed E-state index contributed by atoms with van der Waals surface area (Å²) < 4.78 is 2.36. The number of thiophene rings is 1. The third-order valence-electron chi connectivity index (χ3n) is 6.76. The highest BCUT2D eigenvalue weighted by molar-refractivity contribution is 7.15. The molecule has 2 amide bonds. The Labute approximate surface area is 188 Å². The van der Waals surface area contributed by atoms with Crippen LogP contribution in [0.1, 0.15) is 66.9 Å². The highest BCUT2D eigenvalue weighted by atomic mass is 32.1. The lowest BCUT2D eigenvalue weighted by Gasteiger charge is -2.33. The number of nitrogens with one attached hydrogen (secondary N) is 1. The standard InChI is InChI=1S/C26H31N3OS/c1-4-18-10-5-7-12-21(18)27-26(30)29-16-20-19-11-6-8-14-23(19)31-25(20)28-15-9-13-22(28)24(29)17(2)3/h5,7,9-10,12-13,15,17,24H,4,6,8,11,14,16H2,1-3H3,(H,27,30). The molecule has 1 N–H and O–H groups in total. The number of aryl methyl sites for hydroxylation is 2. The molecular formula is C26H31N3OS. The molecule has 2 aliphatic rings.